The lowest BCUT2D eigenvalue weighted by Gasteiger charge is -2.19. The minimum Gasteiger partial charge on any atom is -0.0846 e. The van der Waals surface area contributed by atoms with Crippen molar-refractivity contribution in [2.45, 2.75) is 32.9 Å². The summed E-state index contributed by atoms with van der Waals surface area (Å²) in [5.41, 5.74) is 1.42. The fraction of sp³-hybridized carbons (Fsp3) is 0.455. The third-order valence-corrected chi connectivity index (χ3v) is 3.24. The molecule has 1 aromatic carbocycles. The van der Waals surface area contributed by atoms with Crippen LogP contribution in [0.4, 0.5) is 0 Å². The molecule has 0 fully saturated rings. The van der Waals surface area contributed by atoms with Crippen molar-refractivity contribution in [1.82, 2.24) is 0 Å². The van der Waals surface area contributed by atoms with Crippen molar-refractivity contribution >= 4 is 22.3 Å². The Morgan fingerprint density at radius 2 is 1.62 bits per heavy atom. The molecule has 0 saturated carbocycles. The van der Waals surface area contributed by atoms with Crippen LogP contribution in [0, 0.1) is 6.92 Å². The SMILES string of the molecule is Cc1ccccc1PC(C)(C)C.[B]. The minimum absolute atomic E-state index is 0. The van der Waals surface area contributed by atoms with Crippen LogP contribution in [0.2, 0.25) is 0 Å². The highest BCUT2D eigenvalue weighted by molar-refractivity contribution is 7.49. The van der Waals surface area contributed by atoms with E-state index in [9.17, 15) is 0 Å². The molecule has 13 heavy (non-hydrogen) atoms. The molecule has 0 aliphatic carbocycles. The summed E-state index contributed by atoms with van der Waals surface area (Å²) in [4.78, 5) is 0. The lowest BCUT2D eigenvalue weighted by Crippen LogP contribution is -2.12. The zero-order valence-corrected chi connectivity index (χ0v) is 9.89. The highest BCUT2D eigenvalue weighted by Crippen LogP contribution is 2.30. The molecule has 0 nitrogen and oxygen atoms in total. The van der Waals surface area contributed by atoms with Gasteiger partial charge in [-0.1, -0.05) is 53.6 Å². The van der Waals surface area contributed by atoms with E-state index < -0.39 is 0 Å². The van der Waals surface area contributed by atoms with Crippen LogP contribution in [-0.2, 0) is 0 Å². The van der Waals surface area contributed by atoms with Gasteiger partial charge >= 0.3 is 0 Å². The molecule has 0 N–H and O–H groups in total. The molecule has 0 aromatic heterocycles. The predicted octanol–water partition coefficient (Wildman–Crippen LogP) is 2.72. The number of hydrogen-bond donors (Lipinski definition) is 0. The van der Waals surface area contributed by atoms with Crippen LogP contribution >= 0.6 is 8.58 Å². The van der Waals surface area contributed by atoms with Gasteiger partial charge in [-0.15, -0.1) is 0 Å². The van der Waals surface area contributed by atoms with E-state index in [2.05, 4.69) is 52.0 Å². The van der Waals surface area contributed by atoms with Crippen molar-refractivity contribution in [2.24, 2.45) is 0 Å². The first-order valence-corrected chi connectivity index (χ1v) is 5.33. The summed E-state index contributed by atoms with van der Waals surface area (Å²) in [5, 5.41) is 1.93. The molecule has 1 rings (SSSR count). The normalized spacial score (nSPS) is 11.7. The molecule has 0 amide bonds. The van der Waals surface area contributed by atoms with Crippen molar-refractivity contribution in [2.75, 3.05) is 0 Å². The molecule has 1 atom stereocenters. The highest BCUT2D eigenvalue weighted by Gasteiger charge is 2.11. The summed E-state index contributed by atoms with van der Waals surface area (Å²) < 4.78 is 0. The fourth-order valence-electron chi connectivity index (χ4n) is 1.12. The van der Waals surface area contributed by atoms with E-state index in [4.69, 9.17) is 0 Å². The molecule has 2 heteroatoms. The molecular formula is C11H17BP. The summed E-state index contributed by atoms with van der Waals surface area (Å²) >= 11 is 0. The number of benzene rings is 1. The summed E-state index contributed by atoms with van der Waals surface area (Å²) in [6.07, 6.45) is 0. The zero-order chi connectivity index (χ0) is 9.19. The first-order chi connectivity index (χ1) is 5.49. The van der Waals surface area contributed by atoms with Crippen molar-refractivity contribution < 1.29 is 0 Å². The van der Waals surface area contributed by atoms with Crippen LogP contribution in [-0.4, -0.2) is 13.6 Å². The van der Waals surface area contributed by atoms with Gasteiger partial charge in [-0.2, -0.15) is 0 Å². The maximum Gasteiger partial charge on any atom is 0 e. The number of hydrogen-bond acceptors (Lipinski definition) is 0. The molecule has 1 unspecified atom stereocenters. The first kappa shape index (κ1) is 12.7. The van der Waals surface area contributed by atoms with E-state index >= 15 is 0 Å². The maximum absolute atomic E-state index is 2.29. The Labute approximate surface area is 85.5 Å². The molecule has 0 aliphatic rings. The van der Waals surface area contributed by atoms with Gasteiger partial charge in [-0.3, -0.25) is 0 Å². The van der Waals surface area contributed by atoms with Gasteiger partial charge < -0.3 is 0 Å². The van der Waals surface area contributed by atoms with Gasteiger partial charge in [0.15, 0.2) is 0 Å². The molecule has 3 radical (unpaired) electrons. The fourth-order valence-corrected chi connectivity index (χ4v) is 2.39. The van der Waals surface area contributed by atoms with Crippen LogP contribution < -0.4 is 5.30 Å². The van der Waals surface area contributed by atoms with Crippen molar-refractivity contribution in [3.8, 4) is 0 Å². The summed E-state index contributed by atoms with van der Waals surface area (Å²) in [7, 11) is 0.913. The molecule has 0 saturated heterocycles. The van der Waals surface area contributed by atoms with E-state index in [1.165, 1.54) is 10.9 Å². The number of rotatable bonds is 1. The van der Waals surface area contributed by atoms with Crippen LogP contribution in [0.15, 0.2) is 24.3 Å². The Balaban J connectivity index is 0.00000144. The zero-order valence-electron chi connectivity index (χ0n) is 8.89. The van der Waals surface area contributed by atoms with Gasteiger partial charge in [0.1, 0.15) is 0 Å². The molecule has 0 aliphatic heterocycles. The van der Waals surface area contributed by atoms with Gasteiger partial charge in [-0.05, 0) is 22.9 Å². The van der Waals surface area contributed by atoms with E-state index in [-0.39, 0.29) is 8.41 Å². The Kier molecular flexibility index (Phi) is 4.71. The first-order valence-electron chi connectivity index (χ1n) is 4.33. The lowest BCUT2D eigenvalue weighted by atomic mass is 10.2. The summed E-state index contributed by atoms with van der Waals surface area (Å²) in [6.45, 7) is 9.06. The third-order valence-electron chi connectivity index (χ3n) is 1.65. The average molecular weight is 191 g/mol. The Hall–Kier alpha value is -0.285. The van der Waals surface area contributed by atoms with Crippen molar-refractivity contribution in [1.29, 1.82) is 0 Å². The van der Waals surface area contributed by atoms with E-state index in [1.54, 1.807) is 0 Å². The Morgan fingerprint density at radius 1 is 1.08 bits per heavy atom. The second-order valence-electron chi connectivity index (χ2n) is 4.19. The number of aryl methyl sites for hydroxylation is 1. The smallest absolute Gasteiger partial charge is 0 e. The molecule has 0 bridgehead atoms. The van der Waals surface area contributed by atoms with Crippen LogP contribution in [0.25, 0.3) is 0 Å². The van der Waals surface area contributed by atoms with E-state index in [0.717, 1.165) is 8.58 Å². The monoisotopic (exact) mass is 191 g/mol. The quantitative estimate of drug-likeness (QED) is 0.472. The Bertz CT molecular complexity index is 263. The maximum atomic E-state index is 2.29. The van der Waals surface area contributed by atoms with Crippen LogP contribution in [0.5, 0.6) is 0 Å². The van der Waals surface area contributed by atoms with Gasteiger partial charge in [0.05, 0.1) is 0 Å². The topological polar surface area (TPSA) is 0 Å². The lowest BCUT2D eigenvalue weighted by molar-refractivity contribution is 0.799. The van der Waals surface area contributed by atoms with Gasteiger partial charge in [0.2, 0.25) is 0 Å². The second-order valence-corrected chi connectivity index (χ2v) is 6.48. The second kappa shape index (κ2) is 4.81. The van der Waals surface area contributed by atoms with Crippen LogP contribution in [0.1, 0.15) is 26.3 Å². The molecule has 1 aromatic rings. The van der Waals surface area contributed by atoms with E-state index in [0.29, 0.717) is 5.16 Å². The third kappa shape index (κ3) is 4.48. The molecular weight excluding hydrogens is 174 g/mol. The molecule has 0 heterocycles. The summed E-state index contributed by atoms with van der Waals surface area (Å²) in [6, 6.07) is 8.65. The van der Waals surface area contributed by atoms with Crippen LogP contribution in [0.3, 0.4) is 0 Å². The summed E-state index contributed by atoms with van der Waals surface area (Å²) in [5.74, 6) is 0. The minimum atomic E-state index is 0. The molecule has 69 valence electrons. The molecule has 0 spiro atoms. The van der Waals surface area contributed by atoms with Crippen molar-refractivity contribution in [3.63, 3.8) is 0 Å². The average Bonchev–Trinajstić information content (AvgIpc) is 1.91. The highest BCUT2D eigenvalue weighted by atomic mass is 31.1. The standard InChI is InChI=1S/C11H17P.B/c1-9-7-5-6-8-10(9)12-11(2,3)4;/h5-8,12H,1-4H3;. The van der Waals surface area contributed by atoms with Gasteiger partial charge in [0, 0.05) is 8.41 Å². The Morgan fingerprint density at radius 3 is 2.08 bits per heavy atom. The van der Waals surface area contributed by atoms with Gasteiger partial charge in [0.25, 0.3) is 0 Å². The van der Waals surface area contributed by atoms with E-state index in [1.807, 2.05) is 0 Å². The predicted molar refractivity (Wildman–Crippen MR) is 64.6 cm³/mol. The van der Waals surface area contributed by atoms with Crippen molar-refractivity contribution in [3.05, 3.63) is 29.8 Å². The largest absolute Gasteiger partial charge is 0.0846 e. The van der Waals surface area contributed by atoms with Gasteiger partial charge in [-0.25, -0.2) is 0 Å².